The number of carboxylic acids is 1. The monoisotopic (exact) mass is 525 g/mol. The molecule has 5 unspecified atom stereocenters. The second kappa shape index (κ2) is 15.4. The van der Waals surface area contributed by atoms with Crippen LogP contribution in [0.4, 0.5) is 0 Å². The molecule has 0 aliphatic heterocycles. The van der Waals surface area contributed by atoms with Gasteiger partial charge in [-0.2, -0.15) is 0 Å². The summed E-state index contributed by atoms with van der Waals surface area (Å²) in [4.78, 5) is 60.8. The molecule has 0 spiro atoms. The maximum absolute atomic E-state index is 13.2. The Morgan fingerprint density at radius 2 is 1.68 bits per heavy atom. The number of carbonyl (C=O) groups excluding carboxylic acids is 3. The highest BCUT2D eigenvalue weighted by molar-refractivity contribution is 5.94. The van der Waals surface area contributed by atoms with E-state index < -0.39 is 54.0 Å². The molecule has 15 heteroatoms. The minimum atomic E-state index is -1.60. The summed E-state index contributed by atoms with van der Waals surface area (Å²) in [5, 5.41) is 26.4. The summed E-state index contributed by atoms with van der Waals surface area (Å²) >= 11 is 0. The van der Waals surface area contributed by atoms with Gasteiger partial charge in [-0.3, -0.25) is 19.4 Å². The number of hydrogen-bond donors (Lipinski definition) is 9. The molecule has 0 radical (unpaired) electrons. The van der Waals surface area contributed by atoms with Crippen LogP contribution in [0.5, 0.6) is 0 Å². The molecule has 5 atom stereocenters. The number of amides is 3. The first-order valence-electron chi connectivity index (χ1n) is 11.9. The fourth-order valence-electron chi connectivity index (χ4n) is 3.41. The number of carboxylic acid groups (broad SMARTS) is 1. The SMILES string of the molecule is CC(C)CC(N)C(=O)NC(CCCN=C(N)N)C(=O)NC(Cc1cnc[nH]1)C(=O)NC(C(=O)O)C(C)O. The minimum absolute atomic E-state index is 0.0642. The molecule has 0 saturated heterocycles. The maximum Gasteiger partial charge on any atom is 0.328 e. The lowest BCUT2D eigenvalue weighted by molar-refractivity contribution is -0.145. The van der Waals surface area contributed by atoms with Gasteiger partial charge in [0.25, 0.3) is 0 Å². The van der Waals surface area contributed by atoms with Gasteiger partial charge in [0.1, 0.15) is 12.1 Å². The van der Waals surface area contributed by atoms with Gasteiger partial charge in [-0.1, -0.05) is 13.8 Å². The van der Waals surface area contributed by atoms with Crippen molar-refractivity contribution >= 4 is 29.7 Å². The number of aliphatic hydroxyl groups excluding tert-OH is 1. The summed E-state index contributed by atoms with van der Waals surface area (Å²) in [6.45, 7) is 5.22. The van der Waals surface area contributed by atoms with Crippen LogP contribution in [0.1, 0.15) is 45.7 Å². The molecule has 0 saturated carbocycles. The standard InChI is InChI=1S/C22H39N9O6/c1-11(2)7-14(23)18(33)29-15(5-4-6-27-22(24)25)19(34)30-16(8-13-9-26-10-28-13)20(35)31-17(12(3)32)21(36)37/h9-12,14-17,32H,4-8,23H2,1-3H3,(H,26,28)(H,29,33)(H,30,34)(H,31,35)(H,36,37)(H4,24,25,27). The number of nitrogens with zero attached hydrogens (tertiary/aromatic N) is 2. The van der Waals surface area contributed by atoms with E-state index in [0.717, 1.165) is 0 Å². The normalized spacial score (nSPS) is 15.1. The number of nitrogens with two attached hydrogens (primary N) is 3. The molecule has 0 bridgehead atoms. The number of aliphatic hydroxyl groups is 1. The summed E-state index contributed by atoms with van der Waals surface area (Å²) in [7, 11) is 0. The van der Waals surface area contributed by atoms with Gasteiger partial charge in [0, 0.05) is 24.9 Å². The molecule has 1 aromatic heterocycles. The lowest BCUT2D eigenvalue weighted by Crippen LogP contribution is -2.58. The number of aromatic amines is 1. The predicted molar refractivity (Wildman–Crippen MR) is 135 cm³/mol. The van der Waals surface area contributed by atoms with Gasteiger partial charge < -0.3 is 48.3 Å². The molecule has 1 aromatic rings. The van der Waals surface area contributed by atoms with Gasteiger partial charge >= 0.3 is 5.97 Å². The topological polar surface area (TPSA) is 264 Å². The van der Waals surface area contributed by atoms with Crippen LogP contribution in [0.3, 0.4) is 0 Å². The third-order valence-electron chi connectivity index (χ3n) is 5.30. The Labute approximate surface area is 215 Å². The molecule has 0 aromatic carbocycles. The second-order valence-corrected chi connectivity index (χ2v) is 9.15. The van der Waals surface area contributed by atoms with E-state index in [1.54, 1.807) is 0 Å². The summed E-state index contributed by atoms with van der Waals surface area (Å²) in [6.07, 6.45) is 2.22. The molecule has 208 valence electrons. The number of imidazole rings is 1. The highest BCUT2D eigenvalue weighted by Crippen LogP contribution is 2.07. The van der Waals surface area contributed by atoms with E-state index >= 15 is 0 Å². The van der Waals surface area contributed by atoms with Crippen LogP contribution in [0.25, 0.3) is 0 Å². The molecule has 1 rings (SSSR count). The highest BCUT2D eigenvalue weighted by atomic mass is 16.4. The first-order valence-corrected chi connectivity index (χ1v) is 11.9. The Balaban J connectivity index is 3.09. The van der Waals surface area contributed by atoms with Crippen molar-refractivity contribution < 1.29 is 29.4 Å². The number of carbonyl (C=O) groups is 4. The lowest BCUT2D eigenvalue weighted by Gasteiger charge is -2.26. The van der Waals surface area contributed by atoms with Crippen molar-refractivity contribution in [2.45, 2.75) is 76.7 Å². The fraction of sp³-hybridized carbons (Fsp3) is 0.636. The van der Waals surface area contributed by atoms with E-state index in [0.29, 0.717) is 18.5 Å². The van der Waals surface area contributed by atoms with Crippen molar-refractivity contribution in [3.63, 3.8) is 0 Å². The number of hydrogen-bond acceptors (Lipinski definition) is 8. The molecule has 0 aliphatic carbocycles. The van der Waals surface area contributed by atoms with Crippen molar-refractivity contribution in [2.75, 3.05) is 6.54 Å². The number of guanidine groups is 1. The minimum Gasteiger partial charge on any atom is -0.480 e. The van der Waals surface area contributed by atoms with Crippen molar-refractivity contribution in [1.82, 2.24) is 25.9 Å². The van der Waals surface area contributed by atoms with Crippen LogP contribution in [-0.2, 0) is 25.6 Å². The zero-order valence-electron chi connectivity index (χ0n) is 21.3. The third kappa shape index (κ3) is 11.7. The molecular formula is C22H39N9O6. The Morgan fingerprint density at radius 3 is 2.19 bits per heavy atom. The highest BCUT2D eigenvalue weighted by Gasteiger charge is 2.32. The first-order chi connectivity index (χ1) is 17.3. The quantitative estimate of drug-likeness (QED) is 0.0612. The molecule has 37 heavy (non-hydrogen) atoms. The van der Waals surface area contributed by atoms with Crippen molar-refractivity contribution in [3.05, 3.63) is 18.2 Å². The van der Waals surface area contributed by atoms with Crippen molar-refractivity contribution in [1.29, 1.82) is 0 Å². The molecule has 0 fully saturated rings. The van der Waals surface area contributed by atoms with Crippen LogP contribution in [0, 0.1) is 5.92 Å². The van der Waals surface area contributed by atoms with Crippen molar-refractivity contribution in [2.24, 2.45) is 28.1 Å². The van der Waals surface area contributed by atoms with Crippen LogP contribution in [0.15, 0.2) is 17.5 Å². The van der Waals surface area contributed by atoms with E-state index in [1.165, 1.54) is 19.4 Å². The van der Waals surface area contributed by atoms with Crippen molar-refractivity contribution in [3.8, 4) is 0 Å². The molecule has 1 heterocycles. The number of H-pyrrole nitrogens is 1. The van der Waals surface area contributed by atoms with Gasteiger partial charge in [-0.25, -0.2) is 9.78 Å². The van der Waals surface area contributed by atoms with E-state index in [-0.39, 0.29) is 31.3 Å². The van der Waals surface area contributed by atoms with Gasteiger partial charge in [-0.05, 0) is 32.1 Å². The summed E-state index contributed by atoms with van der Waals surface area (Å²) in [5.74, 6) is -3.50. The van der Waals surface area contributed by atoms with Crippen LogP contribution < -0.4 is 33.2 Å². The zero-order valence-corrected chi connectivity index (χ0v) is 21.3. The summed E-state index contributed by atoms with van der Waals surface area (Å²) in [6, 6.07) is -4.78. The van der Waals surface area contributed by atoms with Crippen LogP contribution in [0.2, 0.25) is 0 Å². The number of aliphatic imine (C=N–C) groups is 1. The second-order valence-electron chi connectivity index (χ2n) is 9.15. The number of nitrogens with one attached hydrogen (secondary N) is 4. The molecule has 3 amide bonds. The largest absolute Gasteiger partial charge is 0.480 e. The van der Waals surface area contributed by atoms with Gasteiger partial charge in [0.05, 0.1) is 18.5 Å². The van der Waals surface area contributed by atoms with Crippen LogP contribution >= 0.6 is 0 Å². The first kappa shape index (κ1) is 31.3. The molecule has 12 N–H and O–H groups in total. The Kier molecular flexibility index (Phi) is 13.0. The number of aromatic nitrogens is 2. The summed E-state index contributed by atoms with van der Waals surface area (Å²) < 4.78 is 0. The number of rotatable bonds is 16. The van der Waals surface area contributed by atoms with E-state index in [4.69, 9.17) is 17.2 Å². The average molecular weight is 526 g/mol. The molecule has 15 nitrogen and oxygen atoms in total. The average Bonchev–Trinajstić information content (AvgIpc) is 3.30. The Hall–Kier alpha value is -3.72. The third-order valence-corrected chi connectivity index (χ3v) is 5.30. The van der Waals surface area contributed by atoms with Crippen LogP contribution in [-0.4, -0.2) is 86.6 Å². The van der Waals surface area contributed by atoms with Gasteiger partial charge in [-0.15, -0.1) is 0 Å². The Morgan fingerprint density at radius 1 is 1.05 bits per heavy atom. The van der Waals surface area contributed by atoms with E-state index in [1.807, 2.05) is 13.8 Å². The summed E-state index contributed by atoms with van der Waals surface area (Å²) in [5.41, 5.74) is 17.1. The van der Waals surface area contributed by atoms with E-state index in [2.05, 4.69) is 30.9 Å². The molecular weight excluding hydrogens is 486 g/mol. The number of aliphatic carboxylic acids is 1. The van der Waals surface area contributed by atoms with Gasteiger partial charge in [0.2, 0.25) is 17.7 Å². The lowest BCUT2D eigenvalue weighted by atomic mass is 10.0. The zero-order chi connectivity index (χ0) is 28.1. The predicted octanol–water partition coefficient (Wildman–Crippen LogP) is -2.70. The van der Waals surface area contributed by atoms with Gasteiger partial charge in [0.15, 0.2) is 12.0 Å². The smallest absolute Gasteiger partial charge is 0.328 e. The maximum atomic E-state index is 13.2. The fourth-order valence-corrected chi connectivity index (χ4v) is 3.41. The molecule has 0 aliphatic rings. The van der Waals surface area contributed by atoms with E-state index in [9.17, 15) is 29.4 Å². The Bertz CT molecular complexity index is 916.